The van der Waals surface area contributed by atoms with Gasteiger partial charge in [0.15, 0.2) is 0 Å². The van der Waals surface area contributed by atoms with Crippen LogP contribution in [0, 0.1) is 0 Å². The number of nitrogens with one attached hydrogen (secondary N) is 2. The molecule has 0 bridgehead atoms. The highest BCUT2D eigenvalue weighted by Crippen LogP contribution is 2.04. The van der Waals surface area contributed by atoms with E-state index in [-0.39, 0.29) is 17.7 Å². The molecule has 17 heavy (non-hydrogen) atoms. The Kier molecular flexibility index (Phi) is 6.06. The normalized spacial score (nSPS) is 10.4. The zero-order valence-electron chi connectivity index (χ0n) is 10.3. The molecule has 0 fully saturated rings. The van der Waals surface area contributed by atoms with Crippen LogP contribution in [0.4, 0.5) is 5.95 Å². The number of nitrogens with zero attached hydrogens (tertiary/aromatic N) is 2. The maximum atomic E-state index is 11.5. The largest absolute Gasteiger partial charge is 0.366 e. The molecular weight excluding hydrogens is 218 g/mol. The first-order valence-corrected chi connectivity index (χ1v) is 6.20. The first-order chi connectivity index (χ1) is 8.24. The Labute approximate surface area is 101 Å². The van der Waals surface area contributed by atoms with Gasteiger partial charge >= 0.3 is 0 Å². The summed E-state index contributed by atoms with van der Waals surface area (Å²) in [5.41, 5.74) is 5.31. The Morgan fingerprint density at radius 1 is 1.29 bits per heavy atom. The zero-order valence-corrected chi connectivity index (χ0v) is 10.3. The summed E-state index contributed by atoms with van der Waals surface area (Å²) in [5, 5.41) is 8.85. The second-order valence-electron chi connectivity index (χ2n) is 4.07. The summed E-state index contributed by atoms with van der Waals surface area (Å²) in [6.07, 6.45) is 7.22. The molecule has 1 aromatic rings. The highest BCUT2D eigenvalue weighted by molar-refractivity contribution is 5.90. The van der Waals surface area contributed by atoms with Gasteiger partial charge in [-0.3, -0.25) is 9.89 Å². The second kappa shape index (κ2) is 7.65. The average Bonchev–Trinajstić information content (AvgIpc) is 2.74. The van der Waals surface area contributed by atoms with Gasteiger partial charge < -0.3 is 11.1 Å². The lowest BCUT2D eigenvalue weighted by Crippen LogP contribution is -2.25. The summed E-state index contributed by atoms with van der Waals surface area (Å²) in [6.45, 7) is 2.87. The number of hydrogen-bond donors (Lipinski definition) is 3. The van der Waals surface area contributed by atoms with E-state index in [9.17, 15) is 4.79 Å². The molecular formula is C11H21N5O. The predicted octanol–water partition coefficient (Wildman–Crippen LogP) is 1.48. The van der Waals surface area contributed by atoms with Gasteiger partial charge in [0, 0.05) is 6.54 Å². The smallest absolute Gasteiger partial charge is 0.288 e. The molecule has 96 valence electrons. The van der Waals surface area contributed by atoms with E-state index in [0.717, 1.165) is 12.8 Å². The fraction of sp³-hybridized carbons (Fsp3) is 0.727. The molecule has 1 rings (SSSR count). The molecule has 1 amide bonds. The summed E-state index contributed by atoms with van der Waals surface area (Å²) in [7, 11) is 0. The van der Waals surface area contributed by atoms with Crippen LogP contribution in [0.2, 0.25) is 0 Å². The third kappa shape index (κ3) is 5.33. The number of unbranched alkanes of at least 4 members (excludes halogenated alkanes) is 5. The van der Waals surface area contributed by atoms with Crippen molar-refractivity contribution in [1.82, 2.24) is 20.5 Å². The highest BCUT2D eigenvalue weighted by atomic mass is 16.2. The molecule has 0 saturated heterocycles. The summed E-state index contributed by atoms with van der Waals surface area (Å²) in [5.74, 6) is 0.0194. The van der Waals surface area contributed by atoms with E-state index in [1.165, 1.54) is 25.7 Å². The Balaban J connectivity index is 2.05. The van der Waals surface area contributed by atoms with Crippen molar-refractivity contribution in [1.29, 1.82) is 0 Å². The van der Waals surface area contributed by atoms with E-state index < -0.39 is 0 Å². The minimum atomic E-state index is -0.247. The van der Waals surface area contributed by atoms with Gasteiger partial charge in [-0.1, -0.05) is 39.0 Å². The molecule has 0 radical (unpaired) electrons. The monoisotopic (exact) mass is 239 g/mol. The molecule has 4 N–H and O–H groups in total. The molecule has 6 nitrogen and oxygen atoms in total. The summed E-state index contributed by atoms with van der Waals surface area (Å²) >= 11 is 0. The second-order valence-corrected chi connectivity index (χ2v) is 4.07. The number of nitrogens with two attached hydrogens (primary N) is 1. The molecule has 0 aliphatic heterocycles. The topological polar surface area (TPSA) is 96.7 Å². The molecule has 1 heterocycles. The lowest BCUT2D eigenvalue weighted by molar-refractivity contribution is 0.0943. The van der Waals surface area contributed by atoms with Crippen LogP contribution in [-0.4, -0.2) is 27.6 Å². The number of H-pyrrole nitrogens is 1. The third-order valence-corrected chi connectivity index (χ3v) is 2.53. The van der Waals surface area contributed by atoms with Crippen molar-refractivity contribution in [2.45, 2.75) is 45.4 Å². The Bertz CT molecular complexity index is 336. The minimum Gasteiger partial charge on any atom is -0.366 e. The third-order valence-electron chi connectivity index (χ3n) is 2.53. The number of aromatic amines is 1. The molecule has 1 aromatic heterocycles. The maximum Gasteiger partial charge on any atom is 0.288 e. The summed E-state index contributed by atoms with van der Waals surface area (Å²) in [6, 6.07) is 0. The molecule has 0 aliphatic rings. The molecule has 0 saturated carbocycles. The van der Waals surface area contributed by atoms with Gasteiger partial charge in [0.25, 0.3) is 5.91 Å². The fourth-order valence-electron chi connectivity index (χ4n) is 1.57. The van der Waals surface area contributed by atoms with Crippen molar-refractivity contribution >= 4 is 11.9 Å². The standard InChI is InChI=1S/C11H21N5O/c1-2-3-4-5-6-7-8-13-10(17)9-14-11(12)16-15-9/h2-8H2,1H3,(H,13,17)(H3,12,14,15,16). The van der Waals surface area contributed by atoms with Gasteiger partial charge in [0.2, 0.25) is 11.8 Å². The van der Waals surface area contributed by atoms with E-state index in [0.29, 0.717) is 6.54 Å². The van der Waals surface area contributed by atoms with Crippen molar-refractivity contribution in [3.05, 3.63) is 5.82 Å². The Hall–Kier alpha value is -1.59. The average molecular weight is 239 g/mol. The molecule has 0 atom stereocenters. The van der Waals surface area contributed by atoms with Gasteiger partial charge in [-0.25, -0.2) is 0 Å². The molecule has 0 aromatic carbocycles. The van der Waals surface area contributed by atoms with Crippen LogP contribution in [0.3, 0.4) is 0 Å². The van der Waals surface area contributed by atoms with Crippen molar-refractivity contribution in [2.75, 3.05) is 12.3 Å². The molecule has 0 aliphatic carbocycles. The fourth-order valence-corrected chi connectivity index (χ4v) is 1.57. The number of anilines is 1. The first kappa shape index (κ1) is 13.5. The van der Waals surface area contributed by atoms with Crippen molar-refractivity contribution in [3.8, 4) is 0 Å². The van der Waals surface area contributed by atoms with Crippen LogP contribution in [-0.2, 0) is 0 Å². The first-order valence-electron chi connectivity index (χ1n) is 6.20. The Morgan fingerprint density at radius 2 is 2.00 bits per heavy atom. The number of rotatable bonds is 8. The van der Waals surface area contributed by atoms with Gasteiger partial charge in [-0.05, 0) is 6.42 Å². The van der Waals surface area contributed by atoms with Crippen molar-refractivity contribution in [3.63, 3.8) is 0 Å². The number of amides is 1. The van der Waals surface area contributed by atoms with Crippen LogP contribution in [0.5, 0.6) is 0 Å². The van der Waals surface area contributed by atoms with Crippen molar-refractivity contribution in [2.24, 2.45) is 0 Å². The van der Waals surface area contributed by atoms with Crippen LogP contribution >= 0.6 is 0 Å². The van der Waals surface area contributed by atoms with Crippen LogP contribution in [0.25, 0.3) is 0 Å². The minimum absolute atomic E-state index is 0.0923. The van der Waals surface area contributed by atoms with Crippen molar-refractivity contribution < 1.29 is 4.79 Å². The molecule has 0 unspecified atom stereocenters. The van der Waals surface area contributed by atoms with E-state index in [1.807, 2.05) is 0 Å². The summed E-state index contributed by atoms with van der Waals surface area (Å²) in [4.78, 5) is 15.2. The lowest BCUT2D eigenvalue weighted by Gasteiger charge is -2.02. The van der Waals surface area contributed by atoms with Crippen LogP contribution < -0.4 is 11.1 Å². The number of aromatic nitrogens is 3. The number of carbonyl (C=O) groups is 1. The number of hydrogen-bond acceptors (Lipinski definition) is 4. The quantitative estimate of drug-likeness (QED) is 0.598. The van der Waals surface area contributed by atoms with E-state index in [1.54, 1.807) is 0 Å². The van der Waals surface area contributed by atoms with Gasteiger partial charge in [-0.2, -0.15) is 4.98 Å². The van der Waals surface area contributed by atoms with Gasteiger partial charge in [0.1, 0.15) is 0 Å². The van der Waals surface area contributed by atoms with E-state index in [4.69, 9.17) is 5.73 Å². The van der Waals surface area contributed by atoms with Crippen LogP contribution in [0.15, 0.2) is 0 Å². The summed E-state index contributed by atoms with van der Waals surface area (Å²) < 4.78 is 0. The van der Waals surface area contributed by atoms with E-state index >= 15 is 0 Å². The van der Waals surface area contributed by atoms with E-state index in [2.05, 4.69) is 27.4 Å². The zero-order chi connectivity index (χ0) is 12.5. The molecule has 0 spiro atoms. The SMILES string of the molecule is CCCCCCCCNC(=O)c1nc(N)n[nH]1. The maximum absolute atomic E-state index is 11.5. The van der Waals surface area contributed by atoms with Crippen LogP contribution in [0.1, 0.15) is 56.1 Å². The number of carbonyl (C=O) groups excluding carboxylic acids is 1. The lowest BCUT2D eigenvalue weighted by atomic mass is 10.1. The highest BCUT2D eigenvalue weighted by Gasteiger charge is 2.08. The predicted molar refractivity (Wildman–Crippen MR) is 66.5 cm³/mol. The van der Waals surface area contributed by atoms with Gasteiger partial charge in [0.05, 0.1) is 0 Å². The number of nitrogen functional groups attached to an aromatic ring is 1. The molecule has 6 heteroatoms. The van der Waals surface area contributed by atoms with Gasteiger partial charge in [-0.15, -0.1) is 5.10 Å². The Morgan fingerprint density at radius 3 is 2.65 bits per heavy atom.